The minimum atomic E-state index is -1.08. The normalized spacial score (nSPS) is 10.1. The van der Waals surface area contributed by atoms with E-state index >= 15 is 0 Å². The van der Waals surface area contributed by atoms with Crippen molar-refractivity contribution in [1.29, 1.82) is 0 Å². The van der Waals surface area contributed by atoms with E-state index in [-0.39, 0.29) is 11.4 Å². The molecular weight excluding hydrogens is 237 g/mol. The zero-order valence-electron chi connectivity index (χ0n) is 9.55. The molecule has 1 N–H and O–H groups in total. The molecule has 0 radical (unpaired) electrons. The number of hydrogen-bond donors (Lipinski definition) is 1. The summed E-state index contributed by atoms with van der Waals surface area (Å²) in [7, 11) is 1.38. The first-order valence-electron chi connectivity index (χ1n) is 5.15. The molecule has 0 aliphatic heterocycles. The largest absolute Gasteiger partial charge is 0.494 e. The van der Waals surface area contributed by atoms with Gasteiger partial charge in [-0.3, -0.25) is 0 Å². The van der Waals surface area contributed by atoms with Crippen molar-refractivity contribution in [3.05, 3.63) is 48.0 Å². The standard InChI is InChI=1S/C13H10FNO3/c1-18-12-6-8(2-4-10(12)14)9-3-5-11(13(16)17)15-7-9/h2-7H,1H3,(H,16,17). The molecule has 0 atom stereocenters. The molecule has 2 aromatic rings. The molecule has 1 aromatic heterocycles. The van der Waals surface area contributed by atoms with Crippen LogP contribution < -0.4 is 4.74 Å². The Morgan fingerprint density at radius 3 is 2.56 bits per heavy atom. The first-order valence-corrected chi connectivity index (χ1v) is 5.15. The van der Waals surface area contributed by atoms with Crippen molar-refractivity contribution in [2.45, 2.75) is 0 Å². The van der Waals surface area contributed by atoms with Gasteiger partial charge in [0.1, 0.15) is 5.69 Å². The van der Waals surface area contributed by atoms with Crippen LogP contribution in [0.5, 0.6) is 5.75 Å². The summed E-state index contributed by atoms with van der Waals surface area (Å²) in [6.45, 7) is 0. The Labute approximate surface area is 103 Å². The number of carboxylic acids is 1. The van der Waals surface area contributed by atoms with Gasteiger partial charge in [-0.1, -0.05) is 12.1 Å². The molecule has 0 saturated heterocycles. The van der Waals surface area contributed by atoms with E-state index in [0.29, 0.717) is 11.1 Å². The second kappa shape index (κ2) is 4.83. The van der Waals surface area contributed by atoms with Crippen molar-refractivity contribution in [2.75, 3.05) is 7.11 Å². The summed E-state index contributed by atoms with van der Waals surface area (Å²) < 4.78 is 18.1. The summed E-state index contributed by atoms with van der Waals surface area (Å²) in [4.78, 5) is 14.5. The highest BCUT2D eigenvalue weighted by Crippen LogP contribution is 2.25. The third-order valence-corrected chi connectivity index (χ3v) is 2.47. The zero-order chi connectivity index (χ0) is 13.1. The highest BCUT2D eigenvalue weighted by atomic mass is 19.1. The average molecular weight is 247 g/mol. The molecule has 1 heterocycles. The summed E-state index contributed by atoms with van der Waals surface area (Å²) in [6, 6.07) is 7.41. The van der Waals surface area contributed by atoms with Crippen LogP contribution in [-0.4, -0.2) is 23.2 Å². The van der Waals surface area contributed by atoms with Crippen molar-refractivity contribution in [1.82, 2.24) is 4.98 Å². The maximum Gasteiger partial charge on any atom is 0.354 e. The van der Waals surface area contributed by atoms with Gasteiger partial charge in [0.2, 0.25) is 0 Å². The summed E-state index contributed by atoms with van der Waals surface area (Å²) in [5.41, 5.74) is 1.36. The van der Waals surface area contributed by atoms with Crippen LogP contribution in [0.4, 0.5) is 4.39 Å². The number of carboxylic acid groups (broad SMARTS) is 1. The first-order chi connectivity index (χ1) is 8.61. The lowest BCUT2D eigenvalue weighted by molar-refractivity contribution is 0.0690. The van der Waals surface area contributed by atoms with Crippen LogP contribution in [0.15, 0.2) is 36.5 Å². The van der Waals surface area contributed by atoms with Gasteiger partial charge >= 0.3 is 5.97 Å². The number of benzene rings is 1. The second-order valence-corrected chi connectivity index (χ2v) is 3.59. The van der Waals surface area contributed by atoms with Gasteiger partial charge in [-0.25, -0.2) is 14.2 Å². The van der Waals surface area contributed by atoms with Gasteiger partial charge in [0, 0.05) is 11.8 Å². The highest BCUT2D eigenvalue weighted by molar-refractivity contribution is 5.85. The van der Waals surface area contributed by atoms with E-state index in [1.54, 1.807) is 12.1 Å². The lowest BCUT2D eigenvalue weighted by Crippen LogP contribution is -1.99. The van der Waals surface area contributed by atoms with Crippen LogP contribution in [-0.2, 0) is 0 Å². The molecule has 0 fully saturated rings. The van der Waals surface area contributed by atoms with Crippen LogP contribution in [0.3, 0.4) is 0 Å². The van der Waals surface area contributed by atoms with Gasteiger partial charge in [0.05, 0.1) is 7.11 Å². The molecule has 0 aliphatic rings. The highest BCUT2D eigenvalue weighted by Gasteiger charge is 2.07. The number of pyridine rings is 1. The fraction of sp³-hybridized carbons (Fsp3) is 0.0769. The van der Waals surface area contributed by atoms with E-state index in [1.807, 2.05) is 0 Å². The third-order valence-electron chi connectivity index (χ3n) is 2.47. The molecule has 0 unspecified atom stereocenters. The predicted molar refractivity (Wildman–Crippen MR) is 63.1 cm³/mol. The number of nitrogens with zero attached hydrogens (tertiary/aromatic N) is 1. The van der Waals surface area contributed by atoms with Crippen LogP contribution in [0.2, 0.25) is 0 Å². The van der Waals surface area contributed by atoms with Gasteiger partial charge < -0.3 is 9.84 Å². The van der Waals surface area contributed by atoms with Crippen molar-refractivity contribution in [3.8, 4) is 16.9 Å². The summed E-state index contributed by atoms with van der Waals surface area (Å²) in [6.07, 6.45) is 1.43. The summed E-state index contributed by atoms with van der Waals surface area (Å²) >= 11 is 0. The minimum absolute atomic E-state index is 0.0344. The summed E-state index contributed by atoms with van der Waals surface area (Å²) in [5, 5.41) is 8.73. The topological polar surface area (TPSA) is 59.4 Å². The maximum atomic E-state index is 13.2. The molecule has 2 rings (SSSR count). The molecule has 1 aromatic carbocycles. The number of rotatable bonds is 3. The molecule has 92 valence electrons. The quantitative estimate of drug-likeness (QED) is 0.905. The van der Waals surface area contributed by atoms with E-state index in [0.717, 1.165) is 0 Å². The number of methoxy groups -OCH3 is 1. The molecule has 0 amide bonds. The molecule has 18 heavy (non-hydrogen) atoms. The Morgan fingerprint density at radius 1 is 1.28 bits per heavy atom. The number of hydrogen-bond acceptors (Lipinski definition) is 3. The molecule has 0 bridgehead atoms. The Balaban J connectivity index is 2.39. The fourth-order valence-corrected chi connectivity index (χ4v) is 1.53. The number of aromatic carboxylic acids is 1. The average Bonchev–Trinajstić information content (AvgIpc) is 2.39. The minimum Gasteiger partial charge on any atom is -0.494 e. The number of halogens is 1. The van der Waals surface area contributed by atoms with E-state index in [4.69, 9.17) is 9.84 Å². The first kappa shape index (κ1) is 12.0. The Bertz CT molecular complexity index is 581. The maximum absolute atomic E-state index is 13.2. The molecule has 0 aliphatic carbocycles. The van der Waals surface area contributed by atoms with Crippen molar-refractivity contribution in [2.24, 2.45) is 0 Å². The number of aromatic nitrogens is 1. The number of ether oxygens (including phenoxy) is 1. The van der Waals surface area contributed by atoms with E-state index < -0.39 is 11.8 Å². The third kappa shape index (κ3) is 2.29. The van der Waals surface area contributed by atoms with Gasteiger partial charge in [-0.05, 0) is 23.8 Å². The van der Waals surface area contributed by atoms with E-state index in [2.05, 4.69) is 4.98 Å². The van der Waals surface area contributed by atoms with Crippen LogP contribution in [0, 0.1) is 5.82 Å². The van der Waals surface area contributed by atoms with Crippen molar-refractivity contribution < 1.29 is 19.0 Å². The fourth-order valence-electron chi connectivity index (χ4n) is 1.53. The van der Waals surface area contributed by atoms with Crippen LogP contribution in [0.1, 0.15) is 10.5 Å². The van der Waals surface area contributed by atoms with Crippen molar-refractivity contribution in [3.63, 3.8) is 0 Å². The second-order valence-electron chi connectivity index (χ2n) is 3.59. The van der Waals surface area contributed by atoms with Crippen LogP contribution >= 0.6 is 0 Å². The van der Waals surface area contributed by atoms with Crippen LogP contribution in [0.25, 0.3) is 11.1 Å². The molecular formula is C13H10FNO3. The van der Waals surface area contributed by atoms with E-state index in [1.165, 1.54) is 31.5 Å². The lowest BCUT2D eigenvalue weighted by Gasteiger charge is -2.05. The Kier molecular flexibility index (Phi) is 3.23. The predicted octanol–water partition coefficient (Wildman–Crippen LogP) is 2.59. The Morgan fingerprint density at radius 2 is 2.00 bits per heavy atom. The van der Waals surface area contributed by atoms with Gasteiger partial charge in [0.15, 0.2) is 11.6 Å². The van der Waals surface area contributed by atoms with Gasteiger partial charge in [-0.2, -0.15) is 0 Å². The van der Waals surface area contributed by atoms with Gasteiger partial charge in [0.25, 0.3) is 0 Å². The molecule has 5 heteroatoms. The summed E-state index contributed by atoms with van der Waals surface area (Å²) in [5.74, 6) is -1.40. The number of carbonyl (C=O) groups is 1. The van der Waals surface area contributed by atoms with Crippen molar-refractivity contribution >= 4 is 5.97 Å². The van der Waals surface area contributed by atoms with E-state index in [9.17, 15) is 9.18 Å². The molecule has 4 nitrogen and oxygen atoms in total. The lowest BCUT2D eigenvalue weighted by atomic mass is 10.1. The molecule has 0 spiro atoms. The SMILES string of the molecule is COc1cc(-c2ccc(C(=O)O)nc2)ccc1F. The Hall–Kier alpha value is -2.43. The smallest absolute Gasteiger partial charge is 0.354 e. The van der Waals surface area contributed by atoms with Gasteiger partial charge in [-0.15, -0.1) is 0 Å². The monoisotopic (exact) mass is 247 g/mol. The zero-order valence-corrected chi connectivity index (χ0v) is 9.55. The molecule has 0 saturated carbocycles.